The number of rotatable bonds is 3. The zero-order valence-corrected chi connectivity index (χ0v) is 12.6. The molecule has 0 radical (unpaired) electrons. The first-order valence-corrected chi connectivity index (χ1v) is 6.44. The summed E-state index contributed by atoms with van der Waals surface area (Å²) in [6.07, 6.45) is 0. The highest BCUT2D eigenvalue weighted by molar-refractivity contribution is 6.34. The molecule has 5 nitrogen and oxygen atoms in total. The summed E-state index contributed by atoms with van der Waals surface area (Å²) in [6, 6.07) is 3.23. The normalized spacial score (nSPS) is 21.1. The van der Waals surface area contributed by atoms with Crippen LogP contribution in [0.3, 0.4) is 0 Å². The molecule has 6 heteroatoms. The van der Waals surface area contributed by atoms with Gasteiger partial charge in [-0.15, -0.1) is 0 Å². The number of nitrogens with zero attached hydrogens (tertiary/aromatic N) is 1. The molecule has 1 aromatic carbocycles. The molecule has 0 fully saturated rings. The lowest BCUT2D eigenvalue weighted by atomic mass is 9.84. The average molecular weight is 298 g/mol. The van der Waals surface area contributed by atoms with E-state index in [2.05, 4.69) is 4.74 Å². The standard InChI is InChI=1S/C14H16ClNO4/c1-14(7-19-3)9-6-10(15)8(12(17)20-4)5-11(9)16(2)13(14)18/h5-6H,7H2,1-4H3. The molecule has 0 aliphatic carbocycles. The van der Waals surface area contributed by atoms with Gasteiger partial charge in [0.2, 0.25) is 5.91 Å². The van der Waals surface area contributed by atoms with E-state index in [1.165, 1.54) is 12.0 Å². The van der Waals surface area contributed by atoms with Gasteiger partial charge in [-0.2, -0.15) is 0 Å². The maximum Gasteiger partial charge on any atom is 0.339 e. The molecule has 0 spiro atoms. The maximum absolute atomic E-state index is 12.4. The van der Waals surface area contributed by atoms with Gasteiger partial charge >= 0.3 is 5.97 Å². The van der Waals surface area contributed by atoms with Crippen LogP contribution in [0, 0.1) is 0 Å². The van der Waals surface area contributed by atoms with E-state index in [-0.39, 0.29) is 23.1 Å². The number of fused-ring (bicyclic) bond motifs is 1. The molecule has 1 aromatic rings. The summed E-state index contributed by atoms with van der Waals surface area (Å²) in [5.74, 6) is -0.619. The minimum atomic E-state index is -0.795. The molecule has 0 aromatic heterocycles. The second-order valence-electron chi connectivity index (χ2n) is 4.97. The number of carbonyl (C=O) groups is 2. The van der Waals surface area contributed by atoms with E-state index < -0.39 is 11.4 Å². The molecule has 2 rings (SSSR count). The van der Waals surface area contributed by atoms with E-state index in [4.69, 9.17) is 16.3 Å². The molecule has 1 aliphatic heterocycles. The lowest BCUT2D eigenvalue weighted by Gasteiger charge is -2.22. The van der Waals surface area contributed by atoms with Crippen LogP contribution in [0.2, 0.25) is 5.02 Å². The molecule has 1 unspecified atom stereocenters. The van der Waals surface area contributed by atoms with Crippen LogP contribution < -0.4 is 4.90 Å². The van der Waals surface area contributed by atoms with Crippen molar-refractivity contribution in [3.63, 3.8) is 0 Å². The molecule has 1 amide bonds. The van der Waals surface area contributed by atoms with Crippen molar-refractivity contribution < 1.29 is 19.1 Å². The van der Waals surface area contributed by atoms with Gasteiger partial charge < -0.3 is 14.4 Å². The van der Waals surface area contributed by atoms with Crippen LogP contribution >= 0.6 is 11.6 Å². The molecule has 0 N–H and O–H groups in total. The van der Waals surface area contributed by atoms with Gasteiger partial charge in [-0.25, -0.2) is 4.79 Å². The molecular formula is C14H16ClNO4. The number of halogens is 1. The van der Waals surface area contributed by atoms with E-state index >= 15 is 0 Å². The summed E-state index contributed by atoms with van der Waals surface area (Å²) in [7, 11) is 4.49. The summed E-state index contributed by atoms with van der Waals surface area (Å²) in [6.45, 7) is 2.05. The number of methoxy groups -OCH3 is 2. The number of anilines is 1. The van der Waals surface area contributed by atoms with Crippen molar-refractivity contribution in [2.75, 3.05) is 32.8 Å². The van der Waals surface area contributed by atoms with E-state index in [1.807, 2.05) is 0 Å². The Morgan fingerprint density at radius 2 is 2.05 bits per heavy atom. The molecule has 1 aliphatic rings. The topological polar surface area (TPSA) is 55.8 Å². The van der Waals surface area contributed by atoms with Crippen molar-refractivity contribution >= 4 is 29.2 Å². The van der Waals surface area contributed by atoms with Gasteiger partial charge in [0.25, 0.3) is 0 Å². The minimum Gasteiger partial charge on any atom is -0.465 e. The number of hydrogen-bond donors (Lipinski definition) is 0. The fourth-order valence-electron chi connectivity index (χ4n) is 2.57. The predicted octanol–water partition coefficient (Wildman–Crippen LogP) is 2.01. The van der Waals surface area contributed by atoms with Crippen molar-refractivity contribution in [3.05, 3.63) is 28.3 Å². The van der Waals surface area contributed by atoms with E-state index in [0.29, 0.717) is 5.69 Å². The van der Waals surface area contributed by atoms with Gasteiger partial charge in [-0.05, 0) is 24.6 Å². The number of likely N-dealkylation sites (N-methyl/N-ethyl adjacent to an activating group) is 1. The van der Waals surface area contributed by atoms with Crippen LogP contribution in [0.4, 0.5) is 5.69 Å². The Balaban J connectivity index is 2.63. The number of ether oxygens (including phenoxy) is 2. The van der Waals surface area contributed by atoms with Crippen LogP contribution in [0.15, 0.2) is 12.1 Å². The Labute approximate surface area is 122 Å². The van der Waals surface area contributed by atoms with Crippen LogP contribution in [0.25, 0.3) is 0 Å². The Bertz CT molecular complexity index is 587. The third-order valence-corrected chi connectivity index (χ3v) is 3.97. The van der Waals surface area contributed by atoms with Gasteiger partial charge in [0.1, 0.15) is 0 Å². The second kappa shape index (κ2) is 5.07. The van der Waals surface area contributed by atoms with Crippen molar-refractivity contribution in [2.24, 2.45) is 0 Å². The highest BCUT2D eigenvalue weighted by Crippen LogP contribution is 2.43. The average Bonchev–Trinajstić information content (AvgIpc) is 2.60. The van der Waals surface area contributed by atoms with E-state index in [1.54, 1.807) is 33.2 Å². The lowest BCUT2D eigenvalue weighted by molar-refractivity contribution is -0.124. The van der Waals surface area contributed by atoms with Gasteiger partial charge in [-0.3, -0.25) is 4.79 Å². The summed E-state index contributed by atoms with van der Waals surface area (Å²) in [5.41, 5.74) is 0.856. The highest BCUT2D eigenvalue weighted by Gasteiger charge is 2.46. The summed E-state index contributed by atoms with van der Waals surface area (Å²) < 4.78 is 9.85. The van der Waals surface area contributed by atoms with Crippen LogP contribution in [0.1, 0.15) is 22.8 Å². The fourth-order valence-corrected chi connectivity index (χ4v) is 2.81. The molecule has 1 atom stereocenters. The molecule has 20 heavy (non-hydrogen) atoms. The summed E-state index contributed by atoms with van der Waals surface area (Å²) in [4.78, 5) is 25.6. The minimum absolute atomic E-state index is 0.0903. The number of esters is 1. The first-order valence-electron chi connectivity index (χ1n) is 6.06. The predicted molar refractivity (Wildman–Crippen MR) is 75.4 cm³/mol. The number of amides is 1. The SMILES string of the molecule is COCC1(C)C(=O)N(C)c2cc(C(=O)OC)c(Cl)cc21. The Hall–Kier alpha value is -1.59. The second-order valence-corrected chi connectivity index (χ2v) is 5.38. The molecule has 1 heterocycles. The Kier molecular flexibility index (Phi) is 3.75. The lowest BCUT2D eigenvalue weighted by Crippen LogP contribution is -2.39. The monoisotopic (exact) mass is 297 g/mol. The number of carbonyl (C=O) groups excluding carboxylic acids is 2. The third-order valence-electron chi connectivity index (χ3n) is 3.66. The van der Waals surface area contributed by atoms with Crippen LogP contribution in [0.5, 0.6) is 0 Å². The first kappa shape index (κ1) is 14.8. The van der Waals surface area contributed by atoms with E-state index in [0.717, 1.165) is 5.56 Å². The summed E-state index contributed by atoms with van der Waals surface area (Å²) >= 11 is 6.13. The van der Waals surface area contributed by atoms with Gasteiger partial charge in [0.05, 0.1) is 29.7 Å². The maximum atomic E-state index is 12.4. The molecule has 0 saturated carbocycles. The zero-order chi connectivity index (χ0) is 15.1. The van der Waals surface area contributed by atoms with Crippen molar-refractivity contribution in [1.29, 1.82) is 0 Å². The fraction of sp³-hybridized carbons (Fsp3) is 0.429. The molecule has 0 bridgehead atoms. The largest absolute Gasteiger partial charge is 0.465 e. The smallest absolute Gasteiger partial charge is 0.339 e. The molecule has 0 saturated heterocycles. The van der Waals surface area contributed by atoms with Crippen LogP contribution in [-0.4, -0.2) is 39.8 Å². The van der Waals surface area contributed by atoms with Crippen molar-refractivity contribution in [1.82, 2.24) is 0 Å². The molecular weight excluding hydrogens is 282 g/mol. The quantitative estimate of drug-likeness (QED) is 0.801. The molecule has 108 valence electrons. The van der Waals surface area contributed by atoms with Gasteiger partial charge in [0, 0.05) is 19.8 Å². The number of hydrogen-bond acceptors (Lipinski definition) is 4. The Morgan fingerprint density at radius 3 is 2.60 bits per heavy atom. The van der Waals surface area contributed by atoms with E-state index in [9.17, 15) is 9.59 Å². The highest BCUT2D eigenvalue weighted by atomic mass is 35.5. The zero-order valence-electron chi connectivity index (χ0n) is 11.8. The number of benzene rings is 1. The van der Waals surface area contributed by atoms with Gasteiger partial charge in [0.15, 0.2) is 0 Å². The van der Waals surface area contributed by atoms with Crippen molar-refractivity contribution in [3.8, 4) is 0 Å². The Morgan fingerprint density at radius 1 is 1.40 bits per heavy atom. The summed E-state index contributed by atoms with van der Waals surface area (Å²) in [5, 5.41) is 0.265. The third kappa shape index (κ3) is 1.98. The van der Waals surface area contributed by atoms with Crippen LogP contribution in [-0.2, 0) is 19.7 Å². The first-order chi connectivity index (χ1) is 9.36. The van der Waals surface area contributed by atoms with Crippen molar-refractivity contribution in [2.45, 2.75) is 12.3 Å². The van der Waals surface area contributed by atoms with Gasteiger partial charge in [-0.1, -0.05) is 11.6 Å².